The van der Waals surface area contributed by atoms with Crippen LogP contribution in [0.1, 0.15) is 22.8 Å². The fourth-order valence-electron chi connectivity index (χ4n) is 4.05. The van der Waals surface area contributed by atoms with Crippen LogP contribution in [0.25, 0.3) is 0 Å². The minimum absolute atomic E-state index is 0.0173. The highest BCUT2D eigenvalue weighted by molar-refractivity contribution is 7.99. The molecule has 0 aliphatic carbocycles. The molecule has 0 spiro atoms. The molecule has 3 aromatic carbocycles. The van der Waals surface area contributed by atoms with Crippen LogP contribution in [0.4, 0.5) is 21.9 Å². The van der Waals surface area contributed by atoms with Crippen molar-refractivity contribution < 1.29 is 9.59 Å². The fraction of sp³-hybridized carbons (Fsp3) is 0.167. The lowest BCUT2D eigenvalue weighted by molar-refractivity contribution is 0.0985. The number of carbonyl (C=O) groups excluding carboxylic acids is 2. The van der Waals surface area contributed by atoms with E-state index in [4.69, 9.17) is 0 Å². The van der Waals surface area contributed by atoms with Crippen molar-refractivity contribution in [3.63, 3.8) is 0 Å². The summed E-state index contributed by atoms with van der Waals surface area (Å²) < 4.78 is 0. The number of nitrogens with zero attached hydrogens (tertiary/aromatic N) is 2. The molecular formula is C24H21N3O2S. The van der Waals surface area contributed by atoms with Gasteiger partial charge in [-0.25, -0.2) is 4.79 Å². The Hall–Kier alpha value is -3.25. The number of benzene rings is 3. The SMILES string of the molecule is CCN1C(=O)c2ccccc2Sc2ccc(NC(=O)N3CCc4ccccc43)cc21. The Bertz CT molecular complexity index is 1160. The first-order valence-electron chi connectivity index (χ1n) is 10.0. The molecular weight excluding hydrogens is 394 g/mol. The van der Waals surface area contributed by atoms with Gasteiger partial charge in [-0.15, -0.1) is 0 Å². The van der Waals surface area contributed by atoms with E-state index in [9.17, 15) is 9.59 Å². The van der Waals surface area contributed by atoms with Crippen LogP contribution < -0.4 is 15.1 Å². The second-order valence-electron chi connectivity index (χ2n) is 7.29. The topological polar surface area (TPSA) is 52.7 Å². The zero-order chi connectivity index (χ0) is 20.7. The molecule has 3 aromatic rings. The van der Waals surface area contributed by atoms with Gasteiger partial charge in [-0.1, -0.05) is 42.1 Å². The molecule has 0 saturated carbocycles. The van der Waals surface area contributed by atoms with Gasteiger partial charge < -0.3 is 10.2 Å². The normalized spacial score (nSPS) is 14.6. The lowest BCUT2D eigenvalue weighted by atomic mass is 10.1. The van der Waals surface area contributed by atoms with Crippen molar-refractivity contribution in [2.75, 3.05) is 28.2 Å². The molecule has 0 bridgehead atoms. The second-order valence-corrected chi connectivity index (χ2v) is 8.37. The van der Waals surface area contributed by atoms with E-state index >= 15 is 0 Å². The Kier molecular flexibility index (Phi) is 4.71. The molecule has 3 amide bonds. The summed E-state index contributed by atoms with van der Waals surface area (Å²) in [6.45, 7) is 3.19. The van der Waals surface area contributed by atoms with Crippen LogP contribution in [-0.4, -0.2) is 25.0 Å². The zero-order valence-electron chi connectivity index (χ0n) is 16.6. The molecule has 150 valence electrons. The van der Waals surface area contributed by atoms with Crippen LogP contribution in [0.5, 0.6) is 0 Å². The van der Waals surface area contributed by atoms with E-state index in [1.807, 2.05) is 67.6 Å². The maximum absolute atomic E-state index is 13.1. The summed E-state index contributed by atoms with van der Waals surface area (Å²) in [5.74, 6) is -0.0173. The quantitative estimate of drug-likeness (QED) is 0.609. The van der Waals surface area contributed by atoms with Crippen molar-refractivity contribution in [2.24, 2.45) is 0 Å². The fourth-order valence-corrected chi connectivity index (χ4v) is 5.11. The van der Waals surface area contributed by atoms with E-state index in [0.717, 1.165) is 27.6 Å². The molecule has 30 heavy (non-hydrogen) atoms. The lowest BCUT2D eigenvalue weighted by Gasteiger charge is -2.23. The molecule has 2 heterocycles. The summed E-state index contributed by atoms with van der Waals surface area (Å²) in [4.78, 5) is 31.6. The van der Waals surface area contributed by atoms with Gasteiger partial charge in [0, 0.05) is 34.3 Å². The number of anilines is 3. The number of nitrogens with one attached hydrogen (secondary N) is 1. The van der Waals surface area contributed by atoms with Crippen LogP contribution in [0.15, 0.2) is 76.5 Å². The molecule has 6 heteroatoms. The third-order valence-electron chi connectivity index (χ3n) is 5.53. The monoisotopic (exact) mass is 415 g/mol. The second kappa shape index (κ2) is 7.54. The van der Waals surface area contributed by atoms with E-state index in [1.54, 1.807) is 21.6 Å². The molecule has 5 nitrogen and oxygen atoms in total. The van der Waals surface area contributed by atoms with Crippen LogP contribution >= 0.6 is 11.8 Å². The van der Waals surface area contributed by atoms with Gasteiger partial charge in [0.05, 0.1) is 11.3 Å². The van der Waals surface area contributed by atoms with Gasteiger partial charge in [0.15, 0.2) is 0 Å². The summed E-state index contributed by atoms with van der Waals surface area (Å²) in [5, 5.41) is 3.02. The lowest BCUT2D eigenvalue weighted by Crippen LogP contribution is -2.33. The summed E-state index contributed by atoms with van der Waals surface area (Å²) >= 11 is 1.58. The number of rotatable bonds is 2. The number of hydrogen-bond donors (Lipinski definition) is 1. The summed E-state index contributed by atoms with van der Waals surface area (Å²) in [6.07, 6.45) is 0.862. The van der Waals surface area contributed by atoms with Crippen molar-refractivity contribution >= 4 is 40.8 Å². The Morgan fingerprint density at radius 1 is 1.00 bits per heavy atom. The number of para-hydroxylation sites is 1. The van der Waals surface area contributed by atoms with E-state index in [1.165, 1.54) is 5.56 Å². The molecule has 0 saturated heterocycles. The first-order chi connectivity index (χ1) is 14.7. The van der Waals surface area contributed by atoms with Gasteiger partial charge in [0.2, 0.25) is 0 Å². The highest BCUT2D eigenvalue weighted by Gasteiger charge is 2.28. The minimum atomic E-state index is -0.154. The third kappa shape index (κ3) is 3.13. The van der Waals surface area contributed by atoms with Gasteiger partial charge in [-0.3, -0.25) is 9.69 Å². The Morgan fingerprint density at radius 3 is 2.67 bits per heavy atom. The molecule has 2 aliphatic heterocycles. The summed E-state index contributed by atoms with van der Waals surface area (Å²) in [7, 11) is 0. The Labute approximate surface area is 179 Å². The third-order valence-corrected chi connectivity index (χ3v) is 6.67. The van der Waals surface area contributed by atoms with Crippen LogP contribution in [0.3, 0.4) is 0 Å². The number of urea groups is 1. The molecule has 0 atom stereocenters. The number of carbonyl (C=O) groups is 2. The highest BCUT2D eigenvalue weighted by Crippen LogP contribution is 2.42. The van der Waals surface area contributed by atoms with Crippen molar-refractivity contribution in [1.82, 2.24) is 0 Å². The Balaban J connectivity index is 1.45. The van der Waals surface area contributed by atoms with E-state index in [-0.39, 0.29) is 11.9 Å². The standard InChI is InChI=1S/C24H21N3O2S/c1-2-26-20-15-17(25-24(29)27-14-13-16-7-3-5-9-19(16)27)11-12-22(20)30-21-10-6-4-8-18(21)23(26)28/h3-12,15H,2,13-14H2,1H3,(H,25,29). The molecule has 0 radical (unpaired) electrons. The summed E-state index contributed by atoms with van der Waals surface area (Å²) in [6, 6.07) is 21.3. The van der Waals surface area contributed by atoms with Crippen molar-refractivity contribution in [1.29, 1.82) is 0 Å². The van der Waals surface area contributed by atoms with Crippen LogP contribution in [0, 0.1) is 0 Å². The predicted molar refractivity (Wildman–Crippen MR) is 121 cm³/mol. The van der Waals surface area contributed by atoms with Gasteiger partial charge in [0.25, 0.3) is 5.91 Å². The number of hydrogen-bond acceptors (Lipinski definition) is 3. The predicted octanol–water partition coefficient (Wildman–Crippen LogP) is 5.41. The Morgan fingerprint density at radius 2 is 1.80 bits per heavy atom. The first kappa shape index (κ1) is 18.8. The minimum Gasteiger partial charge on any atom is -0.307 e. The largest absolute Gasteiger partial charge is 0.326 e. The highest BCUT2D eigenvalue weighted by atomic mass is 32.2. The van der Waals surface area contributed by atoms with Gasteiger partial charge >= 0.3 is 6.03 Å². The van der Waals surface area contributed by atoms with Crippen LogP contribution in [0.2, 0.25) is 0 Å². The first-order valence-corrected chi connectivity index (χ1v) is 10.9. The molecule has 1 N–H and O–H groups in total. The molecule has 2 aliphatic rings. The molecule has 0 unspecified atom stereocenters. The summed E-state index contributed by atoms with van der Waals surface area (Å²) in [5.41, 5.74) is 4.36. The van der Waals surface area contributed by atoms with Gasteiger partial charge in [0.1, 0.15) is 0 Å². The van der Waals surface area contributed by atoms with Gasteiger partial charge in [-0.2, -0.15) is 0 Å². The van der Waals surface area contributed by atoms with E-state index in [2.05, 4.69) is 11.4 Å². The number of fused-ring (bicyclic) bond motifs is 3. The smallest absolute Gasteiger partial charge is 0.307 e. The zero-order valence-corrected chi connectivity index (χ0v) is 17.4. The van der Waals surface area contributed by atoms with Crippen molar-refractivity contribution in [3.05, 3.63) is 77.9 Å². The maximum atomic E-state index is 13.1. The maximum Gasteiger partial charge on any atom is 0.326 e. The van der Waals surface area contributed by atoms with E-state index < -0.39 is 0 Å². The van der Waals surface area contributed by atoms with Gasteiger partial charge in [-0.05, 0) is 55.3 Å². The van der Waals surface area contributed by atoms with Crippen LogP contribution in [-0.2, 0) is 6.42 Å². The van der Waals surface area contributed by atoms with E-state index in [0.29, 0.717) is 24.3 Å². The number of amides is 3. The molecule has 0 fully saturated rings. The van der Waals surface area contributed by atoms with Crippen molar-refractivity contribution in [3.8, 4) is 0 Å². The molecule has 0 aromatic heterocycles. The van der Waals surface area contributed by atoms with Crippen molar-refractivity contribution in [2.45, 2.75) is 23.1 Å². The average Bonchev–Trinajstić information content (AvgIpc) is 3.15. The average molecular weight is 416 g/mol. The molecule has 5 rings (SSSR count).